The van der Waals surface area contributed by atoms with E-state index in [1.807, 2.05) is 13.0 Å². The molecular formula is C24H34N2O3. The molecule has 1 atom stereocenters. The normalized spacial score (nSPS) is 15.5. The van der Waals surface area contributed by atoms with Crippen molar-refractivity contribution in [3.8, 4) is 5.75 Å². The van der Waals surface area contributed by atoms with E-state index in [4.69, 9.17) is 19.2 Å². The molecular weight excluding hydrogens is 364 g/mol. The summed E-state index contributed by atoms with van der Waals surface area (Å²) < 4.78 is 17.6. The van der Waals surface area contributed by atoms with Gasteiger partial charge in [-0.15, -0.1) is 0 Å². The first-order valence-corrected chi connectivity index (χ1v) is 10.8. The van der Waals surface area contributed by atoms with Gasteiger partial charge in [-0.2, -0.15) is 0 Å². The molecule has 5 heteroatoms. The second kappa shape index (κ2) is 11.3. The lowest BCUT2D eigenvalue weighted by Gasteiger charge is -2.17. The van der Waals surface area contributed by atoms with Crippen molar-refractivity contribution in [2.45, 2.75) is 58.8 Å². The summed E-state index contributed by atoms with van der Waals surface area (Å²) >= 11 is 0. The average molecular weight is 399 g/mol. The number of hydrogen-bond donors (Lipinski definition) is 1. The molecule has 0 bridgehead atoms. The van der Waals surface area contributed by atoms with Crippen molar-refractivity contribution >= 4 is 0 Å². The third-order valence-corrected chi connectivity index (χ3v) is 5.29. The third-order valence-electron chi connectivity index (χ3n) is 5.29. The van der Waals surface area contributed by atoms with Crippen LogP contribution in [-0.2, 0) is 22.5 Å². The number of aromatic nitrogens is 1. The summed E-state index contributed by atoms with van der Waals surface area (Å²) in [6.45, 7) is 7.59. The predicted octanol–water partition coefficient (Wildman–Crippen LogP) is 4.70. The van der Waals surface area contributed by atoms with Crippen LogP contribution in [0.2, 0.25) is 0 Å². The number of aryl methyl sites for hydroxylation is 1. The van der Waals surface area contributed by atoms with Crippen LogP contribution in [0.3, 0.4) is 0 Å². The van der Waals surface area contributed by atoms with Crippen molar-refractivity contribution in [3.63, 3.8) is 0 Å². The third kappa shape index (κ3) is 5.78. The topological polar surface area (TPSA) is 52.6 Å². The molecule has 2 aromatic rings. The van der Waals surface area contributed by atoms with E-state index < -0.39 is 0 Å². The highest BCUT2D eigenvalue weighted by molar-refractivity contribution is 5.48. The molecule has 0 spiro atoms. The van der Waals surface area contributed by atoms with Gasteiger partial charge in [-0.25, -0.2) is 0 Å². The Morgan fingerprint density at radius 1 is 1.14 bits per heavy atom. The lowest BCUT2D eigenvalue weighted by atomic mass is 10.00. The zero-order valence-corrected chi connectivity index (χ0v) is 18.0. The molecule has 1 unspecified atom stereocenters. The van der Waals surface area contributed by atoms with Crippen LogP contribution >= 0.6 is 0 Å². The van der Waals surface area contributed by atoms with Crippen LogP contribution in [0.15, 0.2) is 30.3 Å². The molecule has 0 amide bonds. The van der Waals surface area contributed by atoms with Gasteiger partial charge >= 0.3 is 0 Å². The zero-order chi connectivity index (χ0) is 20.5. The van der Waals surface area contributed by atoms with Gasteiger partial charge in [-0.3, -0.25) is 4.98 Å². The smallest absolute Gasteiger partial charge is 0.186 e. The summed E-state index contributed by atoms with van der Waals surface area (Å²) in [5.41, 5.74) is 5.30. The minimum atomic E-state index is -0.373. The Bertz CT molecular complexity index is 764. The molecule has 29 heavy (non-hydrogen) atoms. The SMILES string of the molecule is CCCCNCCCCOc1c(C)nc(Cc2ccccc2)c2c1COC2OC. The van der Waals surface area contributed by atoms with E-state index in [1.165, 1.54) is 18.4 Å². The summed E-state index contributed by atoms with van der Waals surface area (Å²) in [6, 6.07) is 10.4. The lowest BCUT2D eigenvalue weighted by Crippen LogP contribution is -2.17. The van der Waals surface area contributed by atoms with Crippen LogP contribution in [0.25, 0.3) is 0 Å². The van der Waals surface area contributed by atoms with Gasteiger partial charge in [0.2, 0.25) is 0 Å². The van der Waals surface area contributed by atoms with E-state index in [0.717, 1.165) is 60.6 Å². The number of rotatable bonds is 12. The highest BCUT2D eigenvalue weighted by Crippen LogP contribution is 2.40. The summed E-state index contributed by atoms with van der Waals surface area (Å²) in [4.78, 5) is 4.89. The Hall–Kier alpha value is -1.95. The van der Waals surface area contributed by atoms with Gasteiger partial charge < -0.3 is 19.5 Å². The van der Waals surface area contributed by atoms with Gasteiger partial charge in [0.1, 0.15) is 5.75 Å². The van der Waals surface area contributed by atoms with Crippen LogP contribution < -0.4 is 10.1 Å². The molecule has 0 saturated heterocycles. The van der Waals surface area contributed by atoms with E-state index in [1.54, 1.807) is 7.11 Å². The van der Waals surface area contributed by atoms with E-state index >= 15 is 0 Å². The second-order valence-corrected chi connectivity index (χ2v) is 7.57. The van der Waals surface area contributed by atoms with Crippen molar-refractivity contribution in [1.29, 1.82) is 0 Å². The molecule has 3 rings (SSSR count). The molecule has 158 valence electrons. The van der Waals surface area contributed by atoms with Gasteiger partial charge in [0.25, 0.3) is 0 Å². The van der Waals surface area contributed by atoms with Crippen molar-refractivity contribution in [2.75, 3.05) is 26.8 Å². The fraction of sp³-hybridized carbons (Fsp3) is 0.542. The minimum Gasteiger partial charge on any atom is -0.491 e. The molecule has 0 aliphatic carbocycles. The molecule has 0 saturated carbocycles. The van der Waals surface area contributed by atoms with E-state index in [-0.39, 0.29) is 6.29 Å². The van der Waals surface area contributed by atoms with Crippen LogP contribution in [0.1, 0.15) is 67.0 Å². The van der Waals surface area contributed by atoms with E-state index in [0.29, 0.717) is 13.2 Å². The zero-order valence-electron chi connectivity index (χ0n) is 18.0. The highest BCUT2D eigenvalue weighted by Gasteiger charge is 2.31. The maximum absolute atomic E-state index is 6.18. The Balaban J connectivity index is 1.67. The van der Waals surface area contributed by atoms with Gasteiger partial charge in [0, 0.05) is 24.7 Å². The van der Waals surface area contributed by atoms with Crippen LogP contribution in [0.5, 0.6) is 5.75 Å². The van der Waals surface area contributed by atoms with Crippen molar-refractivity contribution in [1.82, 2.24) is 10.3 Å². The van der Waals surface area contributed by atoms with Gasteiger partial charge in [0.15, 0.2) is 6.29 Å². The van der Waals surface area contributed by atoms with Gasteiger partial charge in [-0.1, -0.05) is 43.7 Å². The monoisotopic (exact) mass is 398 g/mol. The fourth-order valence-corrected chi connectivity index (χ4v) is 3.75. The standard InChI is InChI=1S/C24H34N2O3/c1-4-5-13-25-14-9-10-15-28-23-18(2)26-21(16-19-11-7-6-8-12-19)22-20(23)17-29-24(22)27-3/h6-8,11-12,24-25H,4-5,9-10,13-17H2,1-3H3. The molecule has 5 nitrogen and oxygen atoms in total. The summed E-state index contributed by atoms with van der Waals surface area (Å²) in [5, 5.41) is 3.48. The quantitative estimate of drug-likeness (QED) is 0.525. The Labute approximate surface area is 174 Å². The molecule has 0 fully saturated rings. The van der Waals surface area contributed by atoms with Crippen LogP contribution in [0.4, 0.5) is 0 Å². The van der Waals surface area contributed by atoms with Gasteiger partial charge in [-0.05, 0) is 44.8 Å². The molecule has 1 aromatic heterocycles. The maximum Gasteiger partial charge on any atom is 0.186 e. The summed E-state index contributed by atoms with van der Waals surface area (Å²) in [6.07, 6.45) is 5.00. The van der Waals surface area contributed by atoms with Gasteiger partial charge in [0.05, 0.1) is 24.6 Å². The van der Waals surface area contributed by atoms with Crippen LogP contribution in [0, 0.1) is 6.92 Å². The maximum atomic E-state index is 6.18. The fourth-order valence-electron chi connectivity index (χ4n) is 3.75. The predicted molar refractivity (Wildman–Crippen MR) is 115 cm³/mol. The first-order chi connectivity index (χ1) is 14.2. The molecule has 1 aliphatic rings. The first kappa shape index (κ1) is 21.8. The average Bonchev–Trinajstić information content (AvgIpc) is 3.17. The Morgan fingerprint density at radius 2 is 1.93 bits per heavy atom. The Morgan fingerprint density at radius 3 is 2.69 bits per heavy atom. The van der Waals surface area contributed by atoms with E-state index in [2.05, 4.69) is 36.5 Å². The largest absolute Gasteiger partial charge is 0.491 e. The molecule has 1 N–H and O–H groups in total. The number of methoxy groups -OCH3 is 1. The van der Waals surface area contributed by atoms with Crippen molar-refractivity contribution in [3.05, 3.63) is 58.4 Å². The lowest BCUT2D eigenvalue weighted by molar-refractivity contribution is -0.118. The van der Waals surface area contributed by atoms with Crippen LogP contribution in [-0.4, -0.2) is 31.8 Å². The molecule has 0 radical (unpaired) electrons. The number of benzene rings is 1. The summed E-state index contributed by atoms with van der Waals surface area (Å²) in [5.74, 6) is 0.871. The van der Waals surface area contributed by atoms with Crippen molar-refractivity contribution < 1.29 is 14.2 Å². The first-order valence-electron chi connectivity index (χ1n) is 10.8. The number of nitrogens with zero attached hydrogens (tertiary/aromatic N) is 1. The van der Waals surface area contributed by atoms with Crippen molar-refractivity contribution in [2.24, 2.45) is 0 Å². The number of unbranched alkanes of at least 4 members (excludes halogenated alkanes) is 2. The number of pyridine rings is 1. The van der Waals surface area contributed by atoms with E-state index in [9.17, 15) is 0 Å². The Kier molecular flexibility index (Phi) is 8.47. The number of fused-ring (bicyclic) bond motifs is 1. The molecule has 2 heterocycles. The minimum absolute atomic E-state index is 0.373. The molecule has 1 aliphatic heterocycles. The number of nitrogens with one attached hydrogen (secondary N) is 1. The summed E-state index contributed by atoms with van der Waals surface area (Å²) in [7, 11) is 1.68. The highest BCUT2D eigenvalue weighted by atomic mass is 16.7. The number of hydrogen-bond acceptors (Lipinski definition) is 5. The number of ether oxygens (including phenoxy) is 3. The molecule has 1 aromatic carbocycles. The second-order valence-electron chi connectivity index (χ2n) is 7.57.